The van der Waals surface area contributed by atoms with Gasteiger partial charge in [-0.3, -0.25) is 4.99 Å². The van der Waals surface area contributed by atoms with E-state index >= 15 is 0 Å². The molecule has 0 unspecified atom stereocenters. The molecule has 0 bridgehead atoms. The number of fused-ring (bicyclic) bond motifs is 1. The van der Waals surface area contributed by atoms with Crippen molar-refractivity contribution >= 4 is 11.9 Å². The molecule has 1 aromatic carbocycles. The van der Waals surface area contributed by atoms with Crippen LogP contribution in [0.25, 0.3) is 5.70 Å². The normalized spacial score (nSPS) is 17.4. The second-order valence-electron chi connectivity index (χ2n) is 3.71. The summed E-state index contributed by atoms with van der Waals surface area (Å²) in [5.74, 6) is 0.0749. The van der Waals surface area contributed by atoms with Crippen LogP contribution in [0.4, 0.5) is 8.78 Å². The molecule has 0 saturated carbocycles. The highest BCUT2D eigenvalue weighted by molar-refractivity contribution is 5.74. The first kappa shape index (κ1) is 12.5. The van der Waals surface area contributed by atoms with Gasteiger partial charge in [0.25, 0.3) is 0 Å². The molecule has 3 nitrogen and oxygen atoms in total. The van der Waals surface area contributed by atoms with Crippen LogP contribution in [0.2, 0.25) is 0 Å². The van der Waals surface area contributed by atoms with Crippen LogP contribution in [0.1, 0.15) is 25.8 Å². The van der Waals surface area contributed by atoms with E-state index in [2.05, 4.69) is 14.5 Å². The van der Waals surface area contributed by atoms with Gasteiger partial charge in [-0.25, -0.2) is 0 Å². The van der Waals surface area contributed by atoms with Crippen LogP contribution in [0.5, 0.6) is 11.5 Å². The summed E-state index contributed by atoms with van der Waals surface area (Å²) in [6, 6.07) is 4.64. The van der Waals surface area contributed by atoms with Gasteiger partial charge in [-0.1, -0.05) is 13.0 Å². The summed E-state index contributed by atoms with van der Waals surface area (Å²) < 4.78 is 34.5. The molecule has 0 N–H and O–H groups in total. The molecular formula is C13H13F2NO2. The second kappa shape index (κ2) is 4.76. The van der Waals surface area contributed by atoms with Crippen molar-refractivity contribution in [3.8, 4) is 11.5 Å². The summed E-state index contributed by atoms with van der Waals surface area (Å²) in [6.07, 6.45) is 0.789. The third-order valence-electron chi connectivity index (χ3n) is 2.36. The van der Waals surface area contributed by atoms with Crippen LogP contribution < -0.4 is 9.47 Å². The van der Waals surface area contributed by atoms with E-state index in [0.717, 1.165) is 17.7 Å². The lowest BCUT2D eigenvalue weighted by atomic mass is 10.1. The number of alkyl halides is 2. The van der Waals surface area contributed by atoms with Gasteiger partial charge in [-0.2, -0.15) is 0 Å². The molecule has 0 amide bonds. The zero-order valence-electron chi connectivity index (χ0n) is 10.1. The lowest BCUT2D eigenvalue weighted by molar-refractivity contribution is -0.286. The maximum Gasteiger partial charge on any atom is 0.586 e. The zero-order valence-corrected chi connectivity index (χ0v) is 10.1. The largest absolute Gasteiger partial charge is 0.586 e. The van der Waals surface area contributed by atoms with Crippen molar-refractivity contribution in [2.75, 3.05) is 0 Å². The molecule has 0 atom stereocenters. The van der Waals surface area contributed by atoms with Crippen LogP contribution in [0, 0.1) is 0 Å². The summed E-state index contributed by atoms with van der Waals surface area (Å²) in [5, 5.41) is 0. The van der Waals surface area contributed by atoms with Gasteiger partial charge in [-0.15, -0.1) is 8.78 Å². The Labute approximate surface area is 104 Å². The van der Waals surface area contributed by atoms with Crippen LogP contribution >= 0.6 is 0 Å². The third kappa shape index (κ3) is 2.50. The van der Waals surface area contributed by atoms with Gasteiger partial charge >= 0.3 is 6.29 Å². The number of hydrogen-bond donors (Lipinski definition) is 0. The highest BCUT2D eigenvalue weighted by atomic mass is 19.3. The molecule has 1 heterocycles. The molecule has 2 rings (SSSR count). The fraction of sp³-hybridized carbons (Fsp3) is 0.308. The molecule has 1 aliphatic heterocycles. The number of nitrogens with zero attached hydrogens (tertiary/aromatic N) is 1. The minimum atomic E-state index is -3.58. The van der Waals surface area contributed by atoms with Crippen molar-refractivity contribution in [3.05, 3.63) is 29.8 Å². The van der Waals surface area contributed by atoms with Gasteiger partial charge in [-0.05, 0) is 31.5 Å². The fourth-order valence-corrected chi connectivity index (χ4v) is 1.69. The summed E-state index contributed by atoms with van der Waals surface area (Å²) in [6.45, 7) is 3.77. The van der Waals surface area contributed by atoms with E-state index in [1.807, 2.05) is 13.0 Å². The van der Waals surface area contributed by atoms with E-state index in [4.69, 9.17) is 0 Å². The lowest BCUT2D eigenvalue weighted by Gasteiger charge is -2.04. The van der Waals surface area contributed by atoms with Gasteiger partial charge < -0.3 is 9.47 Å². The van der Waals surface area contributed by atoms with Crippen LogP contribution in [-0.4, -0.2) is 12.5 Å². The highest BCUT2D eigenvalue weighted by Crippen LogP contribution is 2.42. The van der Waals surface area contributed by atoms with Crippen molar-refractivity contribution in [1.29, 1.82) is 0 Å². The number of aliphatic imine (C=N–C) groups is 1. The lowest BCUT2D eigenvalue weighted by Crippen LogP contribution is -2.25. The third-order valence-corrected chi connectivity index (χ3v) is 2.36. The number of halogens is 2. The maximum atomic E-state index is 12.9. The van der Waals surface area contributed by atoms with Crippen molar-refractivity contribution < 1.29 is 18.3 Å². The molecule has 0 radical (unpaired) electrons. The first-order valence-electron chi connectivity index (χ1n) is 5.65. The molecular weight excluding hydrogens is 240 g/mol. The topological polar surface area (TPSA) is 30.8 Å². The van der Waals surface area contributed by atoms with E-state index in [0.29, 0.717) is 0 Å². The Morgan fingerprint density at radius 2 is 2.06 bits per heavy atom. The molecule has 5 heteroatoms. The minimum absolute atomic E-state index is 0.0332. The van der Waals surface area contributed by atoms with E-state index in [1.54, 1.807) is 19.2 Å². The van der Waals surface area contributed by atoms with Gasteiger partial charge in [0.1, 0.15) is 0 Å². The number of rotatable bonds is 3. The molecule has 0 spiro atoms. The van der Waals surface area contributed by atoms with Crippen molar-refractivity contribution in [3.63, 3.8) is 0 Å². The predicted molar refractivity (Wildman–Crippen MR) is 65.1 cm³/mol. The molecule has 0 aliphatic carbocycles. The first-order chi connectivity index (χ1) is 8.55. The van der Waals surface area contributed by atoms with Gasteiger partial charge in [0.05, 0.1) is 5.70 Å². The SMILES string of the molecule is CC=NC(=CCC)c1ccc2c(c1)OC(F)(F)O2. The first-order valence-corrected chi connectivity index (χ1v) is 5.65. The van der Waals surface area contributed by atoms with E-state index < -0.39 is 6.29 Å². The minimum Gasteiger partial charge on any atom is -0.395 e. The average Bonchev–Trinajstić information content (AvgIpc) is 2.61. The predicted octanol–water partition coefficient (Wildman–Crippen LogP) is 3.85. The molecule has 0 aromatic heterocycles. The van der Waals surface area contributed by atoms with Crippen molar-refractivity contribution in [2.45, 2.75) is 26.6 Å². The number of benzene rings is 1. The summed E-state index contributed by atoms with van der Waals surface area (Å²) in [7, 11) is 0. The number of ether oxygens (including phenoxy) is 2. The summed E-state index contributed by atoms with van der Waals surface area (Å²) in [4.78, 5) is 4.20. The van der Waals surface area contributed by atoms with Crippen molar-refractivity contribution in [2.24, 2.45) is 4.99 Å². The Morgan fingerprint density at radius 3 is 2.72 bits per heavy atom. The van der Waals surface area contributed by atoms with Crippen LogP contribution in [0.15, 0.2) is 29.3 Å². The Kier molecular flexibility index (Phi) is 3.32. The monoisotopic (exact) mass is 253 g/mol. The van der Waals surface area contributed by atoms with Crippen LogP contribution in [-0.2, 0) is 0 Å². The van der Waals surface area contributed by atoms with E-state index in [9.17, 15) is 8.78 Å². The number of allylic oxidation sites excluding steroid dienone is 1. The second-order valence-corrected chi connectivity index (χ2v) is 3.71. The molecule has 0 fully saturated rings. The number of hydrogen-bond acceptors (Lipinski definition) is 3. The Bertz CT molecular complexity index is 510. The summed E-state index contributed by atoms with van der Waals surface area (Å²) in [5.41, 5.74) is 1.44. The fourth-order valence-electron chi connectivity index (χ4n) is 1.69. The van der Waals surface area contributed by atoms with Gasteiger partial charge in [0.15, 0.2) is 11.5 Å². The molecule has 1 aliphatic rings. The summed E-state index contributed by atoms with van der Waals surface area (Å²) >= 11 is 0. The Hall–Kier alpha value is -1.91. The average molecular weight is 253 g/mol. The molecule has 0 saturated heterocycles. The van der Waals surface area contributed by atoms with E-state index in [-0.39, 0.29) is 11.5 Å². The molecule has 96 valence electrons. The Morgan fingerprint density at radius 1 is 1.33 bits per heavy atom. The smallest absolute Gasteiger partial charge is 0.395 e. The van der Waals surface area contributed by atoms with Crippen molar-refractivity contribution in [1.82, 2.24) is 0 Å². The maximum absolute atomic E-state index is 12.9. The van der Waals surface area contributed by atoms with E-state index in [1.165, 1.54) is 12.1 Å². The Balaban J connectivity index is 2.36. The molecule has 18 heavy (non-hydrogen) atoms. The van der Waals surface area contributed by atoms with Gasteiger partial charge in [0, 0.05) is 11.8 Å². The quantitative estimate of drug-likeness (QED) is 0.766. The standard InChI is InChI=1S/C13H13F2NO2/c1-3-5-10(16-4-2)9-6-7-11-12(8-9)18-13(14,15)17-11/h4-8H,3H2,1-2H3. The highest BCUT2D eigenvalue weighted by Gasteiger charge is 2.43. The zero-order chi connectivity index (χ0) is 13.2. The van der Waals surface area contributed by atoms with Crippen LogP contribution in [0.3, 0.4) is 0 Å². The van der Waals surface area contributed by atoms with Gasteiger partial charge in [0.2, 0.25) is 0 Å². The molecule has 1 aromatic rings.